The number of anilines is 1. The minimum atomic E-state index is -4.46. The molecule has 2 heterocycles. The summed E-state index contributed by atoms with van der Waals surface area (Å²) < 4.78 is 39.7. The van der Waals surface area contributed by atoms with Gasteiger partial charge in [0.2, 0.25) is 0 Å². The lowest BCUT2D eigenvalue weighted by Crippen LogP contribution is -2.08. The van der Waals surface area contributed by atoms with Crippen molar-refractivity contribution in [2.75, 3.05) is 5.73 Å². The van der Waals surface area contributed by atoms with E-state index in [2.05, 4.69) is 4.98 Å². The molecule has 0 unspecified atom stereocenters. The van der Waals surface area contributed by atoms with E-state index in [9.17, 15) is 13.2 Å². The van der Waals surface area contributed by atoms with Crippen molar-refractivity contribution in [2.45, 2.75) is 6.18 Å². The van der Waals surface area contributed by atoms with E-state index >= 15 is 0 Å². The molecule has 0 aliphatic heterocycles. The number of rotatable bonds is 1. The molecule has 0 aliphatic carbocycles. The molecule has 7 heteroatoms. The van der Waals surface area contributed by atoms with Crippen LogP contribution in [0.2, 0.25) is 5.02 Å². The summed E-state index contributed by atoms with van der Waals surface area (Å²) in [4.78, 5) is 4.32. The van der Waals surface area contributed by atoms with Crippen molar-refractivity contribution in [3.05, 3.63) is 53.3 Å². The third-order valence-corrected chi connectivity index (χ3v) is 3.29. The molecule has 0 atom stereocenters. The van der Waals surface area contributed by atoms with E-state index in [0.717, 1.165) is 6.07 Å². The third kappa shape index (κ3) is 2.54. The molecule has 0 spiro atoms. The molecule has 0 aliphatic rings. The average molecular weight is 312 g/mol. The van der Waals surface area contributed by atoms with Crippen LogP contribution in [0.25, 0.3) is 16.9 Å². The molecule has 0 amide bonds. The van der Waals surface area contributed by atoms with Gasteiger partial charge in [-0.2, -0.15) is 13.2 Å². The van der Waals surface area contributed by atoms with Crippen molar-refractivity contribution in [2.24, 2.45) is 0 Å². The Hall–Kier alpha value is -2.21. The first-order chi connectivity index (χ1) is 9.84. The highest BCUT2D eigenvalue weighted by molar-refractivity contribution is 6.30. The number of alkyl halides is 3. The molecule has 0 saturated carbocycles. The van der Waals surface area contributed by atoms with Gasteiger partial charge >= 0.3 is 6.18 Å². The number of fused-ring (bicyclic) bond motifs is 1. The number of nitrogens with two attached hydrogens (primary N) is 1. The number of pyridine rings is 1. The minimum Gasteiger partial charge on any atom is -0.398 e. The summed E-state index contributed by atoms with van der Waals surface area (Å²) >= 11 is 5.88. The number of imidazole rings is 1. The Bertz CT molecular complexity index is 824. The number of nitrogen functional groups attached to an aromatic ring is 1. The quantitative estimate of drug-likeness (QED) is 0.683. The van der Waals surface area contributed by atoms with Gasteiger partial charge in [-0.25, -0.2) is 4.98 Å². The van der Waals surface area contributed by atoms with Gasteiger partial charge < -0.3 is 10.1 Å². The normalized spacial score (nSPS) is 12.0. The predicted octanol–water partition coefficient (Wildman–Crippen LogP) is 4.26. The van der Waals surface area contributed by atoms with Gasteiger partial charge in [-0.3, -0.25) is 0 Å². The van der Waals surface area contributed by atoms with Crippen molar-refractivity contribution in [1.29, 1.82) is 0 Å². The zero-order valence-electron chi connectivity index (χ0n) is 10.5. The van der Waals surface area contributed by atoms with Crippen molar-refractivity contribution in [1.82, 2.24) is 9.38 Å². The fourth-order valence-electron chi connectivity index (χ4n) is 2.08. The lowest BCUT2D eigenvalue weighted by atomic mass is 10.1. The monoisotopic (exact) mass is 311 g/mol. The van der Waals surface area contributed by atoms with Crippen molar-refractivity contribution in [3.63, 3.8) is 0 Å². The molecule has 0 radical (unpaired) electrons. The molecular formula is C14H9ClF3N3. The first-order valence-electron chi connectivity index (χ1n) is 5.96. The lowest BCUT2D eigenvalue weighted by Gasteiger charge is -2.10. The van der Waals surface area contributed by atoms with Gasteiger partial charge in [-0.05, 0) is 24.3 Å². The summed E-state index contributed by atoms with van der Waals surface area (Å²) in [6.07, 6.45) is -1.11. The standard InChI is InChI=1S/C14H9ClF3N3/c15-9-2-4-13-20-12(7-21(13)6-9)8-1-3-10(11(19)5-8)14(16,17)18/h1-7H,19H2. The van der Waals surface area contributed by atoms with Gasteiger partial charge in [0.05, 0.1) is 16.3 Å². The van der Waals surface area contributed by atoms with Crippen LogP contribution in [0.5, 0.6) is 0 Å². The number of nitrogens with zero attached hydrogens (tertiary/aromatic N) is 2. The van der Waals surface area contributed by atoms with E-state index in [1.807, 2.05) is 0 Å². The van der Waals surface area contributed by atoms with Crippen LogP contribution in [0, 0.1) is 0 Å². The minimum absolute atomic E-state index is 0.324. The highest BCUT2D eigenvalue weighted by Gasteiger charge is 2.32. The van der Waals surface area contributed by atoms with Crippen molar-refractivity contribution < 1.29 is 13.2 Å². The van der Waals surface area contributed by atoms with Gasteiger partial charge in [-0.1, -0.05) is 17.7 Å². The Morgan fingerprint density at radius 2 is 1.86 bits per heavy atom. The maximum atomic E-state index is 12.7. The van der Waals surface area contributed by atoms with Crippen LogP contribution in [0.3, 0.4) is 0 Å². The van der Waals surface area contributed by atoms with Crippen LogP contribution in [0.1, 0.15) is 5.56 Å². The van der Waals surface area contributed by atoms with Crippen LogP contribution in [0.15, 0.2) is 42.7 Å². The smallest absolute Gasteiger partial charge is 0.398 e. The van der Waals surface area contributed by atoms with Crippen LogP contribution < -0.4 is 5.73 Å². The van der Waals surface area contributed by atoms with E-state index in [4.69, 9.17) is 17.3 Å². The first kappa shape index (κ1) is 13.8. The first-order valence-corrected chi connectivity index (χ1v) is 6.34. The Morgan fingerprint density at radius 1 is 1.10 bits per heavy atom. The van der Waals surface area contributed by atoms with E-state index in [1.165, 1.54) is 12.1 Å². The zero-order chi connectivity index (χ0) is 15.2. The van der Waals surface area contributed by atoms with Gasteiger partial charge in [0.15, 0.2) is 0 Å². The second kappa shape index (κ2) is 4.66. The zero-order valence-corrected chi connectivity index (χ0v) is 11.3. The highest BCUT2D eigenvalue weighted by atomic mass is 35.5. The second-order valence-electron chi connectivity index (χ2n) is 4.54. The molecular weight excluding hydrogens is 303 g/mol. The number of halogens is 4. The average Bonchev–Trinajstić information content (AvgIpc) is 2.80. The lowest BCUT2D eigenvalue weighted by molar-refractivity contribution is -0.136. The number of hydrogen-bond acceptors (Lipinski definition) is 2. The molecule has 2 N–H and O–H groups in total. The molecule has 1 aromatic carbocycles. The number of benzene rings is 1. The Balaban J connectivity index is 2.08. The van der Waals surface area contributed by atoms with E-state index in [1.54, 1.807) is 28.9 Å². The fraction of sp³-hybridized carbons (Fsp3) is 0.0714. The molecule has 21 heavy (non-hydrogen) atoms. The Morgan fingerprint density at radius 3 is 2.52 bits per heavy atom. The third-order valence-electron chi connectivity index (χ3n) is 3.07. The van der Waals surface area contributed by atoms with Crippen LogP contribution in [-0.2, 0) is 6.18 Å². The van der Waals surface area contributed by atoms with Crippen LogP contribution >= 0.6 is 11.6 Å². The summed E-state index contributed by atoms with van der Waals surface area (Å²) in [5, 5.41) is 0.540. The van der Waals surface area contributed by atoms with Crippen molar-refractivity contribution in [3.8, 4) is 11.3 Å². The highest BCUT2D eigenvalue weighted by Crippen LogP contribution is 2.35. The summed E-state index contributed by atoms with van der Waals surface area (Å²) in [6, 6.07) is 6.99. The number of aromatic nitrogens is 2. The fourth-order valence-corrected chi connectivity index (χ4v) is 2.25. The van der Waals surface area contributed by atoms with Gasteiger partial charge in [0, 0.05) is 23.6 Å². The summed E-state index contributed by atoms with van der Waals surface area (Å²) in [6.45, 7) is 0. The largest absolute Gasteiger partial charge is 0.418 e. The van der Waals surface area contributed by atoms with Gasteiger partial charge in [0.1, 0.15) is 5.65 Å². The molecule has 3 rings (SSSR count). The molecule has 0 saturated heterocycles. The number of hydrogen-bond donors (Lipinski definition) is 1. The molecule has 2 aromatic heterocycles. The summed E-state index contributed by atoms with van der Waals surface area (Å²) in [5.41, 5.74) is 6.00. The topological polar surface area (TPSA) is 43.3 Å². The molecule has 0 fully saturated rings. The van der Waals surface area contributed by atoms with Crippen LogP contribution in [-0.4, -0.2) is 9.38 Å². The van der Waals surface area contributed by atoms with E-state index in [0.29, 0.717) is 21.9 Å². The Labute approximate surface area is 122 Å². The predicted molar refractivity (Wildman–Crippen MR) is 75.1 cm³/mol. The van der Waals surface area contributed by atoms with Gasteiger partial charge in [-0.15, -0.1) is 0 Å². The van der Waals surface area contributed by atoms with Crippen molar-refractivity contribution >= 4 is 22.9 Å². The van der Waals surface area contributed by atoms with Gasteiger partial charge in [0.25, 0.3) is 0 Å². The van der Waals surface area contributed by atoms with Crippen LogP contribution in [0.4, 0.5) is 18.9 Å². The summed E-state index contributed by atoms with van der Waals surface area (Å²) in [5.74, 6) is 0. The molecule has 3 nitrogen and oxygen atoms in total. The Kier molecular flexibility index (Phi) is 3.06. The maximum Gasteiger partial charge on any atom is 0.418 e. The molecule has 3 aromatic rings. The SMILES string of the molecule is Nc1cc(-c2cn3cc(Cl)ccc3n2)ccc1C(F)(F)F. The van der Waals surface area contributed by atoms with E-state index in [-0.39, 0.29) is 5.69 Å². The summed E-state index contributed by atoms with van der Waals surface area (Å²) in [7, 11) is 0. The second-order valence-corrected chi connectivity index (χ2v) is 4.98. The molecule has 0 bridgehead atoms. The maximum absolute atomic E-state index is 12.7. The van der Waals surface area contributed by atoms with E-state index < -0.39 is 11.7 Å². The molecule has 108 valence electrons.